The second kappa shape index (κ2) is 7.63. The highest BCUT2D eigenvalue weighted by Gasteiger charge is 2.39. The summed E-state index contributed by atoms with van der Waals surface area (Å²) in [7, 11) is 0. The van der Waals surface area contributed by atoms with Crippen LogP contribution >= 0.6 is 0 Å². The van der Waals surface area contributed by atoms with Crippen molar-refractivity contribution in [3.63, 3.8) is 0 Å². The summed E-state index contributed by atoms with van der Waals surface area (Å²) in [6.07, 6.45) is 3.20. The molecule has 2 aromatic carbocycles. The number of ether oxygens (including phenoxy) is 1. The molecule has 0 unspecified atom stereocenters. The molecule has 30 heavy (non-hydrogen) atoms. The summed E-state index contributed by atoms with van der Waals surface area (Å²) in [6.45, 7) is 1.04. The fourth-order valence-electron chi connectivity index (χ4n) is 4.08. The van der Waals surface area contributed by atoms with Crippen LogP contribution in [0.2, 0.25) is 0 Å². The van der Waals surface area contributed by atoms with E-state index in [2.05, 4.69) is 10.3 Å². The fraction of sp³-hybridized carbons (Fsp3) is 0.208. The van der Waals surface area contributed by atoms with Crippen molar-refractivity contribution in [1.29, 1.82) is 0 Å². The van der Waals surface area contributed by atoms with E-state index in [0.717, 1.165) is 23.1 Å². The maximum Gasteiger partial charge on any atom is 0.258 e. The Balaban J connectivity index is 1.48. The van der Waals surface area contributed by atoms with Crippen LogP contribution in [0.4, 0.5) is 5.82 Å². The Kier molecular flexibility index (Phi) is 4.67. The average molecular weight is 399 g/mol. The number of hydrogen-bond acceptors (Lipinski definition) is 4. The van der Waals surface area contributed by atoms with Crippen molar-refractivity contribution in [1.82, 2.24) is 9.88 Å². The molecule has 1 saturated heterocycles. The third kappa shape index (κ3) is 3.30. The van der Waals surface area contributed by atoms with Gasteiger partial charge in [-0.15, -0.1) is 0 Å². The number of nitrogens with one attached hydrogen (secondary N) is 1. The van der Waals surface area contributed by atoms with E-state index in [1.165, 1.54) is 0 Å². The molecule has 5 rings (SSSR count). The van der Waals surface area contributed by atoms with Crippen molar-refractivity contribution in [2.45, 2.75) is 25.5 Å². The molecular weight excluding hydrogens is 378 g/mol. The number of carbonyl (C=O) groups excluding carboxylic acids is 2. The van der Waals surface area contributed by atoms with Crippen molar-refractivity contribution < 1.29 is 14.3 Å². The van der Waals surface area contributed by atoms with Gasteiger partial charge < -0.3 is 15.0 Å². The van der Waals surface area contributed by atoms with Gasteiger partial charge in [0.15, 0.2) is 0 Å². The van der Waals surface area contributed by atoms with Gasteiger partial charge in [-0.1, -0.05) is 48.5 Å². The molecule has 0 bridgehead atoms. The zero-order valence-corrected chi connectivity index (χ0v) is 16.4. The van der Waals surface area contributed by atoms with Crippen molar-refractivity contribution in [2.24, 2.45) is 0 Å². The minimum absolute atomic E-state index is 0.150. The summed E-state index contributed by atoms with van der Waals surface area (Å²) in [4.78, 5) is 31.6. The largest absolute Gasteiger partial charge is 0.488 e. The fourth-order valence-corrected chi connectivity index (χ4v) is 4.08. The molecular formula is C24H21N3O3. The molecule has 0 spiro atoms. The van der Waals surface area contributed by atoms with Crippen LogP contribution in [-0.4, -0.2) is 34.3 Å². The number of para-hydroxylation sites is 1. The summed E-state index contributed by atoms with van der Waals surface area (Å²) in [5, 5.41) is 2.82. The highest BCUT2D eigenvalue weighted by Crippen LogP contribution is 2.34. The van der Waals surface area contributed by atoms with Crippen LogP contribution in [0, 0.1) is 0 Å². The molecule has 1 aromatic heterocycles. The predicted molar refractivity (Wildman–Crippen MR) is 113 cm³/mol. The van der Waals surface area contributed by atoms with Gasteiger partial charge in [0.1, 0.15) is 24.2 Å². The number of benzene rings is 2. The second-order valence-electron chi connectivity index (χ2n) is 7.54. The number of nitrogens with zero attached hydrogens (tertiary/aromatic N) is 2. The molecule has 1 N–H and O–H groups in total. The maximum absolute atomic E-state index is 13.1. The number of hydrogen-bond donors (Lipinski definition) is 1. The predicted octanol–water partition coefficient (Wildman–Crippen LogP) is 3.88. The molecule has 2 aliphatic heterocycles. The summed E-state index contributed by atoms with van der Waals surface area (Å²) in [5.41, 5.74) is 3.12. The van der Waals surface area contributed by atoms with Crippen LogP contribution in [0.5, 0.6) is 5.75 Å². The van der Waals surface area contributed by atoms with Crippen LogP contribution in [0.1, 0.15) is 28.8 Å². The minimum atomic E-state index is -0.406. The first-order chi connectivity index (χ1) is 14.7. The summed E-state index contributed by atoms with van der Waals surface area (Å²) in [5.74, 6) is 0.729. The van der Waals surface area contributed by atoms with Gasteiger partial charge in [0.25, 0.3) is 5.91 Å². The molecule has 2 aliphatic rings. The summed E-state index contributed by atoms with van der Waals surface area (Å²) in [6, 6.07) is 19.1. The van der Waals surface area contributed by atoms with Gasteiger partial charge in [-0.2, -0.15) is 0 Å². The molecule has 0 saturated carbocycles. The average Bonchev–Trinajstić information content (AvgIpc) is 3.25. The molecule has 150 valence electrons. The molecule has 1 fully saturated rings. The lowest BCUT2D eigenvalue weighted by Gasteiger charge is -2.20. The maximum atomic E-state index is 13.1. The quantitative estimate of drug-likeness (QED) is 0.723. The van der Waals surface area contributed by atoms with Gasteiger partial charge in [-0.3, -0.25) is 9.59 Å². The van der Waals surface area contributed by atoms with E-state index in [0.29, 0.717) is 36.7 Å². The van der Waals surface area contributed by atoms with Crippen molar-refractivity contribution in [3.8, 4) is 16.9 Å². The van der Waals surface area contributed by atoms with Gasteiger partial charge >= 0.3 is 0 Å². The van der Waals surface area contributed by atoms with Gasteiger partial charge in [0, 0.05) is 23.9 Å². The Morgan fingerprint density at radius 2 is 1.83 bits per heavy atom. The van der Waals surface area contributed by atoms with Crippen molar-refractivity contribution in [2.75, 3.05) is 11.9 Å². The number of pyridine rings is 1. The van der Waals surface area contributed by atoms with Gasteiger partial charge in [-0.25, -0.2) is 4.98 Å². The monoisotopic (exact) mass is 399 g/mol. The Bertz CT molecular complexity index is 1110. The zero-order chi connectivity index (χ0) is 20.5. The normalized spacial score (nSPS) is 17.7. The Hall–Kier alpha value is -3.67. The topological polar surface area (TPSA) is 71.5 Å². The van der Waals surface area contributed by atoms with Crippen LogP contribution in [-0.2, 0) is 11.4 Å². The first-order valence-electron chi connectivity index (χ1n) is 10.1. The third-order valence-electron chi connectivity index (χ3n) is 5.61. The van der Waals surface area contributed by atoms with Gasteiger partial charge in [-0.05, 0) is 30.5 Å². The third-order valence-corrected chi connectivity index (χ3v) is 5.61. The number of amides is 2. The number of carbonyl (C=O) groups is 2. The lowest BCUT2D eigenvalue weighted by Crippen LogP contribution is -2.40. The lowest BCUT2D eigenvalue weighted by atomic mass is 10.0. The molecule has 6 nitrogen and oxygen atoms in total. The Morgan fingerprint density at radius 1 is 1.03 bits per heavy atom. The van der Waals surface area contributed by atoms with E-state index in [-0.39, 0.29) is 11.8 Å². The molecule has 3 heterocycles. The van der Waals surface area contributed by atoms with E-state index in [1.807, 2.05) is 54.6 Å². The first kappa shape index (κ1) is 18.4. The second-order valence-corrected chi connectivity index (χ2v) is 7.54. The Labute approximate surface area is 174 Å². The lowest BCUT2D eigenvalue weighted by molar-refractivity contribution is -0.119. The summed E-state index contributed by atoms with van der Waals surface area (Å²) >= 11 is 0. The van der Waals surface area contributed by atoms with Crippen LogP contribution in [0.3, 0.4) is 0 Å². The Morgan fingerprint density at radius 3 is 2.70 bits per heavy atom. The smallest absolute Gasteiger partial charge is 0.258 e. The molecule has 0 aliphatic carbocycles. The van der Waals surface area contributed by atoms with Crippen molar-refractivity contribution in [3.05, 3.63) is 78.0 Å². The standard InChI is InChI=1S/C24H21N3O3/c28-23-20-10-6-12-27(20)24(29)19-13-17(14-25-22(19)26-23)18-9-4-5-11-21(18)30-15-16-7-2-1-3-8-16/h1-5,7-9,11,13-14,20H,6,10,12,15H2,(H,25,26,28)/t20-/m0/s1. The number of aromatic nitrogens is 1. The minimum Gasteiger partial charge on any atom is -0.488 e. The molecule has 2 amide bonds. The summed E-state index contributed by atoms with van der Waals surface area (Å²) < 4.78 is 6.07. The molecule has 3 aromatic rings. The first-order valence-corrected chi connectivity index (χ1v) is 10.1. The highest BCUT2D eigenvalue weighted by molar-refractivity contribution is 6.09. The molecule has 1 atom stereocenters. The van der Waals surface area contributed by atoms with Crippen LogP contribution in [0.25, 0.3) is 11.1 Å². The van der Waals surface area contributed by atoms with E-state index >= 15 is 0 Å². The van der Waals surface area contributed by atoms with Gasteiger partial charge in [0.05, 0.1) is 5.56 Å². The SMILES string of the molecule is O=C1Nc2ncc(-c3ccccc3OCc3ccccc3)cc2C(=O)N2CCC[C@@H]12. The molecule has 6 heteroatoms. The van der Waals surface area contributed by atoms with E-state index in [1.54, 1.807) is 17.2 Å². The van der Waals surface area contributed by atoms with Crippen molar-refractivity contribution >= 4 is 17.6 Å². The van der Waals surface area contributed by atoms with Gasteiger partial charge in [0.2, 0.25) is 5.91 Å². The number of anilines is 1. The van der Waals surface area contributed by atoms with Crippen LogP contribution < -0.4 is 10.1 Å². The number of rotatable bonds is 4. The van der Waals surface area contributed by atoms with E-state index < -0.39 is 6.04 Å². The number of fused-ring (bicyclic) bond motifs is 2. The van der Waals surface area contributed by atoms with E-state index in [4.69, 9.17) is 4.74 Å². The highest BCUT2D eigenvalue weighted by atomic mass is 16.5. The van der Waals surface area contributed by atoms with E-state index in [9.17, 15) is 9.59 Å². The zero-order valence-electron chi connectivity index (χ0n) is 16.4. The van der Waals surface area contributed by atoms with Crippen LogP contribution in [0.15, 0.2) is 66.9 Å². The molecule has 0 radical (unpaired) electrons.